The van der Waals surface area contributed by atoms with E-state index in [4.69, 9.17) is 10.5 Å². The van der Waals surface area contributed by atoms with E-state index in [1.807, 2.05) is 12.1 Å². The number of anilines is 2. The Kier molecular flexibility index (Phi) is 6.57. The summed E-state index contributed by atoms with van der Waals surface area (Å²) in [5.41, 5.74) is 7.80. The lowest BCUT2D eigenvalue weighted by Crippen LogP contribution is -3.03. The zero-order valence-corrected chi connectivity index (χ0v) is 14.5. The number of nitrogen functional groups attached to an aromatic ring is 1. The standard InChI is InChI=1S/C17H26N4O.ClH/c1-19-10-11-20(14-19)8-2-12-22-17-7-9-21(13-17)16-5-3-15(18)4-6-16;/h3-6,10-11,17H,2,7-9,12-14,18H2,1H3;1H. The van der Waals surface area contributed by atoms with Crippen molar-refractivity contribution in [3.05, 3.63) is 36.7 Å². The highest BCUT2D eigenvalue weighted by atomic mass is 35.5. The Balaban J connectivity index is 0.00000192. The van der Waals surface area contributed by atoms with E-state index >= 15 is 0 Å². The van der Waals surface area contributed by atoms with Crippen molar-refractivity contribution < 1.29 is 22.0 Å². The Bertz CT molecular complexity index is 508. The second-order valence-electron chi connectivity index (χ2n) is 6.31. The summed E-state index contributed by atoms with van der Waals surface area (Å²) < 4.78 is 6.04. The van der Waals surface area contributed by atoms with Gasteiger partial charge >= 0.3 is 0 Å². The second kappa shape index (κ2) is 8.43. The van der Waals surface area contributed by atoms with E-state index in [-0.39, 0.29) is 12.4 Å². The van der Waals surface area contributed by atoms with Gasteiger partial charge in [-0.3, -0.25) is 4.90 Å². The molecule has 0 spiro atoms. The molecular formula is C17H27ClN4O. The number of hydrogen-bond donors (Lipinski definition) is 2. The molecule has 1 aromatic carbocycles. The summed E-state index contributed by atoms with van der Waals surface area (Å²) in [7, 11) is 2.18. The van der Waals surface area contributed by atoms with Gasteiger partial charge in [-0.15, -0.1) is 0 Å². The number of benzene rings is 1. The molecule has 2 aliphatic rings. The molecule has 0 aromatic heterocycles. The van der Waals surface area contributed by atoms with Crippen molar-refractivity contribution in [3.63, 3.8) is 0 Å². The summed E-state index contributed by atoms with van der Waals surface area (Å²) in [6, 6.07) is 8.12. The fourth-order valence-electron chi connectivity index (χ4n) is 3.11. The van der Waals surface area contributed by atoms with Gasteiger partial charge in [-0.05, 0) is 37.1 Å². The molecule has 23 heavy (non-hydrogen) atoms. The van der Waals surface area contributed by atoms with Gasteiger partial charge in [0.2, 0.25) is 0 Å². The molecule has 2 atom stereocenters. The van der Waals surface area contributed by atoms with Gasteiger partial charge in [-0.1, -0.05) is 0 Å². The van der Waals surface area contributed by atoms with Crippen LogP contribution in [-0.2, 0) is 4.74 Å². The molecule has 5 nitrogen and oxygen atoms in total. The first-order chi connectivity index (χ1) is 10.7. The third kappa shape index (κ3) is 5.03. The lowest BCUT2D eigenvalue weighted by atomic mass is 10.2. The van der Waals surface area contributed by atoms with Crippen molar-refractivity contribution in [2.24, 2.45) is 0 Å². The number of hydrogen-bond acceptors (Lipinski definition) is 4. The zero-order chi connectivity index (χ0) is 15.4. The highest BCUT2D eigenvalue weighted by Gasteiger charge is 2.23. The van der Waals surface area contributed by atoms with Crippen molar-refractivity contribution in [2.75, 3.05) is 50.6 Å². The molecule has 2 aliphatic heterocycles. The van der Waals surface area contributed by atoms with Gasteiger partial charge in [-0.2, -0.15) is 0 Å². The number of halogens is 1. The van der Waals surface area contributed by atoms with Crippen LogP contribution in [0.5, 0.6) is 0 Å². The van der Waals surface area contributed by atoms with E-state index in [2.05, 4.69) is 41.4 Å². The van der Waals surface area contributed by atoms with Gasteiger partial charge in [0.05, 0.1) is 19.4 Å². The Labute approximate surface area is 145 Å². The van der Waals surface area contributed by atoms with E-state index in [9.17, 15) is 0 Å². The summed E-state index contributed by atoms with van der Waals surface area (Å²) in [6.45, 7) is 5.07. The number of ether oxygens (including phenoxy) is 1. The van der Waals surface area contributed by atoms with Crippen LogP contribution in [0.15, 0.2) is 36.7 Å². The summed E-state index contributed by atoms with van der Waals surface area (Å²) in [4.78, 5) is 6.18. The molecule has 0 saturated carbocycles. The number of quaternary nitrogens is 1. The quantitative estimate of drug-likeness (QED) is 0.445. The van der Waals surface area contributed by atoms with Crippen LogP contribution in [0, 0.1) is 0 Å². The maximum Gasteiger partial charge on any atom is 0.156 e. The van der Waals surface area contributed by atoms with E-state index in [0.717, 1.165) is 51.4 Å². The van der Waals surface area contributed by atoms with Crippen LogP contribution in [-0.4, -0.2) is 51.0 Å². The first kappa shape index (κ1) is 17.9. The third-order valence-corrected chi connectivity index (χ3v) is 4.37. The average Bonchev–Trinajstić information content (AvgIpc) is 3.14. The van der Waals surface area contributed by atoms with Gasteiger partial charge in [0.1, 0.15) is 6.20 Å². The van der Waals surface area contributed by atoms with Gasteiger partial charge < -0.3 is 32.7 Å². The van der Waals surface area contributed by atoms with E-state index in [1.54, 1.807) is 0 Å². The molecule has 2 unspecified atom stereocenters. The molecule has 3 N–H and O–H groups in total. The Morgan fingerprint density at radius 1 is 1.30 bits per heavy atom. The fraction of sp³-hybridized carbons (Fsp3) is 0.529. The molecule has 0 bridgehead atoms. The highest BCUT2D eigenvalue weighted by molar-refractivity contribution is 5.53. The van der Waals surface area contributed by atoms with Crippen molar-refractivity contribution in [2.45, 2.75) is 18.9 Å². The smallest absolute Gasteiger partial charge is 0.156 e. The Hall–Kier alpha value is -1.43. The Morgan fingerprint density at radius 3 is 2.78 bits per heavy atom. The zero-order valence-electron chi connectivity index (χ0n) is 13.7. The molecular weight excluding hydrogens is 312 g/mol. The van der Waals surface area contributed by atoms with Crippen LogP contribution < -0.4 is 27.9 Å². The largest absolute Gasteiger partial charge is 1.00 e. The maximum absolute atomic E-state index is 6.04. The first-order valence-electron chi connectivity index (χ1n) is 8.17. The predicted octanol–water partition coefficient (Wildman–Crippen LogP) is -2.48. The van der Waals surface area contributed by atoms with Crippen LogP contribution >= 0.6 is 0 Å². The fourth-order valence-corrected chi connectivity index (χ4v) is 3.11. The molecule has 0 radical (unpaired) electrons. The molecule has 1 aromatic rings. The molecule has 0 amide bonds. The molecule has 1 fully saturated rings. The Morgan fingerprint density at radius 2 is 2.09 bits per heavy atom. The summed E-state index contributed by atoms with van der Waals surface area (Å²) in [6.07, 6.45) is 6.95. The lowest BCUT2D eigenvalue weighted by molar-refractivity contribution is -0.826. The third-order valence-electron chi connectivity index (χ3n) is 4.37. The lowest BCUT2D eigenvalue weighted by Gasteiger charge is -2.19. The maximum atomic E-state index is 6.04. The van der Waals surface area contributed by atoms with Gasteiger partial charge in [0, 0.05) is 37.6 Å². The van der Waals surface area contributed by atoms with E-state index < -0.39 is 0 Å². The minimum Gasteiger partial charge on any atom is -1.00 e. The molecule has 128 valence electrons. The predicted molar refractivity (Wildman–Crippen MR) is 89.6 cm³/mol. The van der Waals surface area contributed by atoms with Crippen LogP contribution in [0.2, 0.25) is 0 Å². The van der Waals surface area contributed by atoms with Crippen molar-refractivity contribution in [3.8, 4) is 0 Å². The van der Waals surface area contributed by atoms with E-state index in [1.165, 1.54) is 10.6 Å². The number of nitrogens with zero attached hydrogens (tertiary/aromatic N) is 2. The van der Waals surface area contributed by atoms with Crippen LogP contribution in [0.25, 0.3) is 0 Å². The second-order valence-corrected chi connectivity index (χ2v) is 6.31. The van der Waals surface area contributed by atoms with Gasteiger partial charge in [0.25, 0.3) is 0 Å². The van der Waals surface area contributed by atoms with Crippen LogP contribution in [0.3, 0.4) is 0 Å². The monoisotopic (exact) mass is 338 g/mol. The summed E-state index contributed by atoms with van der Waals surface area (Å²) >= 11 is 0. The number of rotatable bonds is 6. The number of nitrogens with two attached hydrogens (primary N) is 1. The van der Waals surface area contributed by atoms with Crippen molar-refractivity contribution >= 4 is 11.4 Å². The van der Waals surface area contributed by atoms with Crippen LogP contribution in [0.1, 0.15) is 12.8 Å². The minimum absolute atomic E-state index is 0. The summed E-state index contributed by atoms with van der Waals surface area (Å²) in [5.74, 6) is 0. The SMILES string of the molecule is C[NH+]1C=CN(CCCOC2CCN(c3ccc(N)cc3)C2)C1.[Cl-]. The molecule has 6 heteroatoms. The van der Waals surface area contributed by atoms with Crippen LogP contribution in [0.4, 0.5) is 11.4 Å². The molecule has 1 saturated heterocycles. The van der Waals surface area contributed by atoms with Gasteiger partial charge in [0.15, 0.2) is 6.67 Å². The van der Waals surface area contributed by atoms with E-state index in [0.29, 0.717) is 6.10 Å². The highest BCUT2D eigenvalue weighted by Crippen LogP contribution is 2.22. The van der Waals surface area contributed by atoms with Crippen molar-refractivity contribution in [1.29, 1.82) is 0 Å². The number of nitrogens with one attached hydrogen (secondary N) is 1. The molecule has 3 rings (SSSR count). The minimum atomic E-state index is 0. The average molecular weight is 339 g/mol. The molecule has 2 heterocycles. The van der Waals surface area contributed by atoms with Gasteiger partial charge in [-0.25, -0.2) is 0 Å². The first-order valence-corrected chi connectivity index (χ1v) is 8.17. The summed E-state index contributed by atoms with van der Waals surface area (Å²) in [5, 5.41) is 0. The van der Waals surface area contributed by atoms with Crippen molar-refractivity contribution in [1.82, 2.24) is 4.90 Å². The molecule has 0 aliphatic carbocycles. The topological polar surface area (TPSA) is 46.2 Å². The normalized spacial score (nSPS) is 23.3.